The van der Waals surface area contributed by atoms with Crippen LogP contribution in [0, 0.1) is 6.92 Å². The molecule has 6 nitrogen and oxygen atoms in total. The van der Waals surface area contributed by atoms with Crippen LogP contribution in [0.25, 0.3) is 0 Å². The number of anilines is 2. The third-order valence-electron chi connectivity index (χ3n) is 5.45. The van der Waals surface area contributed by atoms with Crippen molar-refractivity contribution in [2.24, 2.45) is 0 Å². The highest BCUT2D eigenvalue weighted by Gasteiger charge is 2.30. The van der Waals surface area contributed by atoms with Crippen molar-refractivity contribution >= 4 is 17.3 Å². The Labute approximate surface area is 167 Å². The van der Waals surface area contributed by atoms with Crippen LogP contribution in [-0.2, 0) is 4.79 Å². The van der Waals surface area contributed by atoms with Gasteiger partial charge in [-0.3, -0.25) is 4.79 Å². The third-order valence-corrected chi connectivity index (χ3v) is 5.45. The molecule has 0 spiro atoms. The number of hydrogen-bond donors (Lipinski definition) is 2. The van der Waals surface area contributed by atoms with E-state index in [1.807, 2.05) is 50.2 Å². The summed E-state index contributed by atoms with van der Waals surface area (Å²) in [5.74, 6) is 1.59. The Morgan fingerprint density at radius 2 is 1.75 bits per heavy atom. The fourth-order valence-electron chi connectivity index (χ4n) is 3.70. The number of nitrogens with zero attached hydrogens (tertiary/aromatic N) is 1. The van der Waals surface area contributed by atoms with Crippen LogP contribution in [0.2, 0.25) is 0 Å². The second-order valence-electron chi connectivity index (χ2n) is 7.23. The number of hydrogen-bond acceptors (Lipinski definition) is 4. The largest absolute Gasteiger partial charge is 0.495 e. The van der Waals surface area contributed by atoms with Gasteiger partial charge in [-0.15, -0.1) is 0 Å². The zero-order valence-corrected chi connectivity index (χ0v) is 17.1. The number of ether oxygens (including phenoxy) is 2. The van der Waals surface area contributed by atoms with Crippen LogP contribution in [0.1, 0.15) is 12.5 Å². The van der Waals surface area contributed by atoms with Crippen molar-refractivity contribution in [1.82, 2.24) is 0 Å². The highest BCUT2D eigenvalue weighted by molar-refractivity contribution is 5.95. The van der Waals surface area contributed by atoms with E-state index in [0.29, 0.717) is 5.75 Å². The molecule has 1 atom stereocenters. The second kappa shape index (κ2) is 8.97. The molecule has 3 rings (SSSR count). The SMILES string of the molecule is COc1ccc(C)cc1NC(=O)[C@@H](C)[NH+]1CCN(c2ccccc2OC)CC1. The van der Waals surface area contributed by atoms with E-state index in [9.17, 15) is 4.79 Å². The van der Waals surface area contributed by atoms with Crippen LogP contribution in [0.3, 0.4) is 0 Å². The topological polar surface area (TPSA) is 55.2 Å². The van der Waals surface area contributed by atoms with Crippen molar-refractivity contribution in [2.45, 2.75) is 19.9 Å². The Hall–Kier alpha value is -2.73. The lowest BCUT2D eigenvalue weighted by Crippen LogP contribution is -3.19. The average Bonchev–Trinajstić information content (AvgIpc) is 2.73. The van der Waals surface area contributed by atoms with Gasteiger partial charge in [0.2, 0.25) is 0 Å². The Morgan fingerprint density at radius 3 is 2.43 bits per heavy atom. The lowest BCUT2D eigenvalue weighted by molar-refractivity contribution is -0.914. The van der Waals surface area contributed by atoms with E-state index < -0.39 is 0 Å². The first-order valence-electron chi connectivity index (χ1n) is 9.71. The van der Waals surface area contributed by atoms with Crippen LogP contribution in [-0.4, -0.2) is 52.3 Å². The number of para-hydroxylation sites is 2. The summed E-state index contributed by atoms with van der Waals surface area (Å²) in [6.07, 6.45) is 0. The first kappa shape index (κ1) is 20.0. The molecule has 0 radical (unpaired) electrons. The van der Waals surface area contributed by atoms with E-state index in [1.165, 1.54) is 4.90 Å². The Morgan fingerprint density at radius 1 is 1.07 bits per heavy atom. The number of quaternary nitrogens is 1. The van der Waals surface area contributed by atoms with E-state index in [4.69, 9.17) is 9.47 Å². The molecule has 28 heavy (non-hydrogen) atoms. The first-order chi connectivity index (χ1) is 13.5. The van der Waals surface area contributed by atoms with Gasteiger partial charge in [-0.1, -0.05) is 18.2 Å². The van der Waals surface area contributed by atoms with E-state index in [0.717, 1.165) is 48.9 Å². The molecule has 0 aromatic heterocycles. The first-order valence-corrected chi connectivity index (χ1v) is 9.71. The maximum Gasteiger partial charge on any atom is 0.282 e. The molecule has 1 fully saturated rings. The quantitative estimate of drug-likeness (QED) is 0.797. The summed E-state index contributed by atoms with van der Waals surface area (Å²) in [6, 6.07) is 13.7. The number of aryl methyl sites for hydroxylation is 1. The molecule has 2 N–H and O–H groups in total. The minimum Gasteiger partial charge on any atom is -0.495 e. The van der Waals surface area contributed by atoms with Crippen LogP contribution in [0.4, 0.5) is 11.4 Å². The molecule has 1 heterocycles. The van der Waals surface area contributed by atoms with Crippen molar-refractivity contribution in [1.29, 1.82) is 0 Å². The number of benzene rings is 2. The summed E-state index contributed by atoms with van der Waals surface area (Å²) in [5.41, 5.74) is 2.93. The maximum atomic E-state index is 12.8. The van der Waals surface area contributed by atoms with Gasteiger partial charge in [0.05, 0.1) is 51.8 Å². The van der Waals surface area contributed by atoms with Gasteiger partial charge in [-0.05, 0) is 43.7 Å². The maximum absolute atomic E-state index is 12.8. The molecule has 1 aliphatic heterocycles. The lowest BCUT2D eigenvalue weighted by atomic mass is 10.1. The number of methoxy groups -OCH3 is 2. The van der Waals surface area contributed by atoms with Gasteiger partial charge in [0, 0.05) is 0 Å². The van der Waals surface area contributed by atoms with Crippen molar-refractivity contribution in [3.63, 3.8) is 0 Å². The van der Waals surface area contributed by atoms with Crippen molar-refractivity contribution < 1.29 is 19.2 Å². The number of carbonyl (C=O) groups excluding carboxylic acids is 1. The predicted molar refractivity (Wildman–Crippen MR) is 112 cm³/mol. The van der Waals surface area contributed by atoms with Gasteiger partial charge in [0.15, 0.2) is 6.04 Å². The molecule has 1 saturated heterocycles. The molecule has 1 amide bonds. The molecular weight excluding hydrogens is 354 g/mol. The highest BCUT2D eigenvalue weighted by Crippen LogP contribution is 2.27. The number of rotatable bonds is 6. The van der Waals surface area contributed by atoms with E-state index in [-0.39, 0.29) is 11.9 Å². The summed E-state index contributed by atoms with van der Waals surface area (Å²) in [5, 5.41) is 3.04. The molecule has 0 aliphatic carbocycles. The van der Waals surface area contributed by atoms with E-state index in [2.05, 4.69) is 16.3 Å². The van der Waals surface area contributed by atoms with Crippen LogP contribution >= 0.6 is 0 Å². The van der Waals surface area contributed by atoms with Crippen molar-refractivity contribution in [2.75, 3.05) is 50.6 Å². The number of piperazine rings is 1. The fraction of sp³-hybridized carbons (Fsp3) is 0.409. The summed E-state index contributed by atoms with van der Waals surface area (Å²) in [7, 11) is 3.32. The minimum absolute atomic E-state index is 0.0182. The van der Waals surface area contributed by atoms with Crippen LogP contribution in [0.5, 0.6) is 11.5 Å². The molecule has 0 saturated carbocycles. The summed E-state index contributed by atoms with van der Waals surface area (Å²) < 4.78 is 10.9. The fourth-order valence-corrected chi connectivity index (χ4v) is 3.70. The van der Waals surface area contributed by atoms with Crippen LogP contribution in [0.15, 0.2) is 42.5 Å². The van der Waals surface area contributed by atoms with E-state index >= 15 is 0 Å². The molecular formula is C22H30N3O3+. The molecule has 0 bridgehead atoms. The minimum atomic E-state index is -0.134. The molecule has 2 aromatic rings. The third kappa shape index (κ3) is 4.39. The molecule has 2 aromatic carbocycles. The zero-order valence-electron chi connectivity index (χ0n) is 17.1. The molecule has 1 aliphatic rings. The van der Waals surface area contributed by atoms with Gasteiger partial charge < -0.3 is 24.6 Å². The van der Waals surface area contributed by atoms with Crippen molar-refractivity contribution in [3.8, 4) is 11.5 Å². The van der Waals surface area contributed by atoms with Crippen LogP contribution < -0.4 is 24.6 Å². The number of amides is 1. The summed E-state index contributed by atoms with van der Waals surface area (Å²) in [6.45, 7) is 7.57. The monoisotopic (exact) mass is 384 g/mol. The Balaban J connectivity index is 1.61. The van der Waals surface area contributed by atoms with E-state index in [1.54, 1.807) is 14.2 Å². The average molecular weight is 385 g/mol. The summed E-state index contributed by atoms with van der Waals surface area (Å²) in [4.78, 5) is 16.4. The second-order valence-corrected chi connectivity index (χ2v) is 7.23. The highest BCUT2D eigenvalue weighted by atomic mass is 16.5. The number of nitrogens with one attached hydrogen (secondary N) is 2. The van der Waals surface area contributed by atoms with Gasteiger partial charge in [-0.25, -0.2) is 0 Å². The number of carbonyl (C=O) groups is 1. The molecule has 150 valence electrons. The zero-order chi connectivity index (χ0) is 20.1. The molecule has 6 heteroatoms. The van der Waals surface area contributed by atoms with Gasteiger partial charge in [0.1, 0.15) is 11.5 Å². The lowest BCUT2D eigenvalue weighted by Gasteiger charge is -2.36. The van der Waals surface area contributed by atoms with Gasteiger partial charge in [-0.2, -0.15) is 0 Å². The van der Waals surface area contributed by atoms with Gasteiger partial charge >= 0.3 is 0 Å². The molecule has 0 unspecified atom stereocenters. The normalized spacial score (nSPS) is 15.8. The van der Waals surface area contributed by atoms with Crippen molar-refractivity contribution in [3.05, 3.63) is 48.0 Å². The van der Waals surface area contributed by atoms with Gasteiger partial charge in [0.25, 0.3) is 5.91 Å². The Kier molecular flexibility index (Phi) is 6.41. The predicted octanol–water partition coefficient (Wildman–Crippen LogP) is 1.74. The standard InChI is InChI=1S/C22H29N3O3/c1-16-9-10-20(27-3)18(15-16)23-22(26)17(2)24-11-13-25(14-12-24)19-7-5-6-8-21(19)28-4/h5-10,15,17H,11-14H2,1-4H3,(H,23,26)/p+1/t17-/m1/s1. The summed E-state index contributed by atoms with van der Waals surface area (Å²) >= 11 is 0. The Bertz CT molecular complexity index is 816. The smallest absolute Gasteiger partial charge is 0.282 e.